The molecule has 2 aromatic carbocycles. The first-order valence-electron chi connectivity index (χ1n) is 7.69. The molecule has 0 aliphatic heterocycles. The molecule has 5 nitrogen and oxygen atoms in total. The Kier molecular flexibility index (Phi) is 5.49. The smallest absolute Gasteiger partial charge is 0.200 e. The molecular weight excluding hydrogens is 336 g/mol. The third-order valence-electron chi connectivity index (χ3n) is 3.33. The summed E-state index contributed by atoms with van der Waals surface area (Å²) in [7, 11) is 0. The topological polar surface area (TPSA) is 72.5 Å². The summed E-state index contributed by atoms with van der Waals surface area (Å²) in [6.45, 7) is 0.430. The molecule has 0 fully saturated rings. The first-order valence-corrected chi connectivity index (χ1v) is 8.07. The number of aliphatic imine (C=N–C) groups is 1. The van der Waals surface area contributed by atoms with Gasteiger partial charge in [-0.1, -0.05) is 41.9 Å². The molecule has 0 aliphatic carbocycles. The Labute approximate surface area is 151 Å². The fourth-order valence-electron chi connectivity index (χ4n) is 2.14. The van der Waals surface area contributed by atoms with Crippen molar-refractivity contribution in [3.63, 3.8) is 0 Å². The van der Waals surface area contributed by atoms with E-state index in [1.165, 1.54) is 0 Å². The molecule has 0 atom stereocenters. The minimum Gasteiger partial charge on any atom is -0.485 e. The predicted octanol–water partition coefficient (Wildman–Crippen LogP) is 4.37. The van der Waals surface area contributed by atoms with E-state index in [2.05, 4.69) is 15.3 Å². The molecule has 0 saturated carbocycles. The van der Waals surface area contributed by atoms with Crippen molar-refractivity contribution in [3.05, 3.63) is 83.5 Å². The lowest BCUT2D eigenvalue weighted by molar-refractivity contribution is 0.306. The van der Waals surface area contributed by atoms with Gasteiger partial charge in [-0.15, -0.1) is 0 Å². The van der Waals surface area contributed by atoms with Gasteiger partial charge in [-0.3, -0.25) is 0 Å². The van der Waals surface area contributed by atoms with Gasteiger partial charge in [0.2, 0.25) is 0 Å². The zero-order chi connectivity index (χ0) is 17.5. The Morgan fingerprint density at radius 3 is 2.56 bits per heavy atom. The largest absolute Gasteiger partial charge is 0.485 e. The number of halogens is 1. The SMILES string of the molecule is N/C(=N\c1ncccc1OCc1ccccc1)Nc1ccc(Cl)cc1. The van der Waals surface area contributed by atoms with Gasteiger partial charge in [-0.25, -0.2) is 4.98 Å². The average molecular weight is 353 g/mol. The van der Waals surface area contributed by atoms with Crippen LogP contribution < -0.4 is 15.8 Å². The summed E-state index contributed by atoms with van der Waals surface area (Å²) in [6.07, 6.45) is 1.64. The van der Waals surface area contributed by atoms with Gasteiger partial charge >= 0.3 is 0 Å². The van der Waals surface area contributed by atoms with Crippen LogP contribution in [0.15, 0.2) is 77.9 Å². The Balaban J connectivity index is 1.72. The van der Waals surface area contributed by atoms with Gasteiger partial charge in [0, 0.05) is 16.9 Å². The molecule has 1 aromatic heterocycles. The van der Waals surface area contributed by atoms with Crippen molar-refractivity contribution in [3.8, 4) is 5.75 Å². The second kappa shape index (κ2) is 8.17. The molecule has 3 aromatic rings. The van der Waals surface area contributed by atoms with Crippen molar-refractivity contribution in [1.82, 2.24) is 4.98 Å². The predicted molar refractivity (Wildman–Crippen MR) is 101 cm³/mol. The van der Waals surface area contributed by atoms with Crippen molar-refractivity contribution < 1.29 is 4.74 Å². The number of ether oxygens (including phenoxy) is 1. The summed E-state index contributed by atoms with van der Waals surface area (Å²) >= 11 is 5.87. The van der Waals surface area contributed by atoms with E-state index in [4.69, 9.17) is 22.1 Å². The highest BCUT2D eigenvalue weighted by Crippen LogP contribution is 2.25. The van der Waals surface area contributed by atoms with E-state index in [1.807, 2.05) is 48.5 Å². The molecule has 1 heterocycles. The van der Waals surface area contributed by atoms with Crippen molar-refractivity contribution in [2.75, 3.05) is 5.32 Å². The molecule has 6 heteroatoms. The maximum atomic E-state index is 5.96. The van der Waals surface area contributed by atoms with Gasteiger partial charge in [0.1, 0.15) is 6.61 Å². The van der Waals surface area contributed by atoms with E-state index in [-0.39, 0.29) is 5.96 Å². The normalized spacial score (nSPS) is 11.2. The molecule has 126 valence electrons. The van der Waals surface area contributed by atoms with E-state index >= 15 is 0 Å². The molecular formula is C19H17ClN4O. The Bertz CT molecular complexity index is 851. The van der Waals surface area contributed by atoms with Crippen LogP contribution in [0, 0.1) is 0 Å². The van der Waals surface area contributed by atoms with Crippen LogP contribution in [0.1, 0.15) is 5.56 Å². The molecule has 0 saturated heterocycles. The Hall–Kier alpha value is -3.05. The number of nitrogens with two attached hydrogens (primary N) is 1. The first kappa shape index (κ1) is 16.8. The number of benzene rings is 2. The summed E-state index contributed by atoms with van der Waals surface area (Å²) in [5, 5.41) is 3.65. The summed E-state index contributed by atoms with van der Waals surface area (Å²) in [4.78, 5) is 8.54. The van der Waals surface area contributed by atoms with Gasteiger partial charge in [-0.05, 0) is 42.0 Å². The average Bonchev–Trinajstić information content (AvgIpc) is 2.64. The quantitative estimate of drug-likeness (QED) is 0.528. The second-order valence-corrected chi connectivity index (χ2v) is 5.66. The summed E-state index contributed by atoms with van der Waals surface area (Å²) in [5.74, 6) is 1.19. The van der Waals surface area contributed by atoms with Crippen molar-refractivity contribution >= 4 is 29.1 Å². The van der Waals surface area contributed by atoms with E-state index < -0.39 is 0 Å². The molecule has 0 radical (unpaired) electrons. The van der Waals surface area contributed by atoms with Crippen LogP contribution in [0.3, 0.4) is 0 Å². The minimum atomic E-state index is 0.214. The molecule has 3 N–H and O–H groups in total. The van der Waals surface area contributed by atoms with Crippen LogP contribution in [-0.2, 0) is 6.61 Å². The van der Waals surface area contributed by atoms with Gasteiger partial charge < -0.3 is 15.8 Å². The number of guanidine groups is 1. The molecule has 3 rings (SSSR count). The molecule has 0 aliphatic rings. The summed E-state index contributed by atoms with van der Waals surface area (Å²) < 4.78 is 5.82. The fourth-order valence-corrected chi connectivity index (χ4v) is 2.26. The first-order chi connectivity index (χ1) is 12.2. The van der Waals surface area contributed by atoms with E-state index in [0.29, 0.717) is 23.2 Å². The number of nitrogens with zero attached hydrogens (tertiary/aromatic N) is 2. The van der Waals surface area contributed by atoms with Crippen molar-refractivity contribution in [2.45, 2.75) is 6.61 Å². The molecule has 0 bridgehead atoms. The van der Waals surface area contributed by atoms with Crippen LogP contribution in [-0.4, -0.2) is 10.9 Å². The molecule has 0 unspecified atom stereocenters. The zero-order valence-corrected chi connectivity index (χ0v) is 14.1. The Morgan fingerprint density at radius 1 is 1.04 bits per heavy atom. The van der Waals surface area contributed by atoms with Crippen molar-refractivity contribution in [2.24, 2.45) is 10.7 Å². The van der Waals surface area contributed by atoms with Gasteiger partial charge in [-0.2, -0.15) is 4.99 Å². The Morgan fingerprint density at radius 2 is 1.80 bits per heavy atom. The summed E-state index contributed by atoms with van der Waals surface area (Å²) in [5.41, 5.74) is 7.81. The third-order valence-corrected chi connectivity index (χ3v) is 3.58. The second-order valence-electron chi connectivity index (χ2n) is 5.23. The van der Waals surface area contributed by atoms with Crippen LogP contribution in [0.25, 0.3) is 0 Å². The monoisotopic (exact) mass is 352 g/mol. The number of pyridine rings is 1. The maximum Gasteiger partial charge on any atom is 0.200 e. The third kappa shape index (κ3) is 4.96. The van der Waals surface area contributed by atoms with Gasteiger partial charge in [0.25, 0.3) is 0 Å². The number of aromatic nitrogens is 1. The van der Waals surface area contributed by atoms with Crippen LogP contribution in [0.2, 0.25) is 5.02 Å². The molecule has 25 heavy (non-hydrogen) atoms. The number of rotatable bonds is 5. The highest BCUT2D eigenvalue weighted by molar-refractivity contribution is 6.30. The highest BCUT2D eigenvalue weighted by Gasteiger charge is 2.05. The fraction of sp³-hybridized carbons (Fsp3) is 0.0526. The lowest BCUT2D eigenvalue weighted by atomic mass is 10.2. The maximum absolute atomic E-state index is 5.96. The highest BCUT2D eigenvalue weighted by atomic mass is 35.5. The van der Waals surface area contributed by atoms with Crippen LogP contribution in [0.5, 0.6) is 5.75 Å². The van der Waals surface area contributed by atoms with E-state index in [9.17, 15) is 0 Å². The zero-order valence-electron chi connectivity index (χ0n) is 13.4. The standard InChI is InChI=1S/C19H17ClN4O/c20-15-8-10-16(11-9-15)23-19(21)24-18-17(7-4-12-22-18)25-13-14-5-2-1-3-6-14/h1-12H,13H2,(H3,21,22,23,24). The number of hydrogen-bond donors (Lipinski definition) is 2. The van der Waals surface area contributed by atoms with Gasteiger partial charge in [0.15, 0.2) is 17.5 Å². The van der Waals surface area contributed by atoms with Crippen molar-refractivity contribution in [1.29, 1.82) is 0 Å². The molecule has 0 spiro atoms. The molecule has 0 amide bonds. The number of hydrogen-bond acceptors (Lipinski definition) is 3. The lowest BCUT2D eigenvalue weighted by Gasteiger charge is -2.09. The number of nitrogens with one attached hydrogen (secondary N) is 1. The van der Waals surface area contributed by atoms with Gasteiger partial charge in [0.05, 0.1) is 0 Å². The summed E-state index contributed by atoms with van der Waals surface area (Å²) in [6, 6.07) is 20.7. The van der Waals surface area contributed by atoms with Crippen LogP contribution >= 0.6 is 11.6 Å². The van der Waals surface area contributed by atoms with E-state index in [0.717, 1.165) is 11.3 Å². The van der Waals surface area contributed by atoms with E-state index in [1.54, 1.807) is 24.4 Å². The lowest BCUT2D eigenvalue weighted by Crippen LogP contribution is -2.22. The number of anilines is 1. The minimum absolute atomic E-state index is 0.214. The van der Waals surface area contributed by atoms with Crippen LogP contribution in [0.4, 0.5) is 11.5 Å².